The minimum atomic E-state index is -0.685. The van der Waals surface area contributed by atoms with Crippen molar-refractivity contribution in [2.45, 2.75) is 32.7 Å². The molecule has 0 radical (unpaired) electrons. The highest BCUT2D eigenvalue weighted by Crippen LogP contribution is 2.23. The summed E-state index contributed by atoms with van der Waals surface area (Å²) in [6.07, 6.45) is 1.63. The number of likely N-dealkylation sites (N-methyl/N-ethyl adjacent to an activating group) is 1. The molecule has 0 aromatic rings. The van der Waals surface area contributed by atoms with Gasteiger partial charge in [0.25, 0.3) is 11.8 Å². The van der Waals surface area contributed by atoms with Crippen LogP contribution >= 0.6 is 0 Å². The third-order valence-corrected chi connectivity index (χ3v) is 4.35. The van der Waals surface area contributed by atoms with Crippen LogP contribution in [0.25, 0.3) is 0 Å². The molecule has 25 heavy (non-hydrogen) atoms. The first-order valence-corrected chi connectivity index (χ1v) is 8.26. The Morgan fingerprint density at radius 2 is 2.12 bits per heavy atom. The Morgan fingerprint density at radius 3 is 2.76 bits per heavy atom. The molecule has 0 saturated carbocycles. The maximum atomic E-state index is 13.0. The smallest absolute Gasteiger partial charge is 0.367 e. The monoisotopic (exact) mass is 348 g/mol. The van der Waals surface area contributed by atoms with Crippen LogP contribution < -0.4 is 5.73 Å². The lowest BCUT2D eigenvalue weighted by molar-refractivity contribution is -0.527. The van der Waals surface area contributed by atoms with Crippen LogP contribution in [-0.2, 0) is 9.59 Å². The molecule has 3 heterocycles. The molecule has 4 amide bonds. The standard InChI is InChI=1S/C15H21N7O3/c1-4-5-6-20-13(24)11-12(19(3)15(20)25)17-14-21(11)7-9(2)18-22(14)8-10(16)23/h11H,4-8H2,1-3H3,(H-,16,23)/p+1. The Kier molecular flexibility index (Phi) is 4.27. The Bertz CT molecular complexity index is 739. The number of unbranched alkanes of at least 4 members (excludes halogenated alkanes) is 1. The van der Waals surface area contributed by atoms with Gasteiger partial charge in [0.1, 0.15) is 6.54 Å². The zero-order valence-corrected chi connectivity index (χ0v) is 14.6. The molecule has 10 heteroatoms. The van der Waals surface area contributed by atoms with E-state index in [0.29, 0.717) is 24.9 Å². The summed E-state index contributed by atoms with van der Waals surface area (Å²) in [4.78, 5) is 43.9. The Labute approximate surface area is 145 Å². The van der Waals surface area contributed by atoms with E-state index in [1.54, 1.807) is 18.5 Å². The second-order valence-electron chi connectivity index (χ2n) is 6.34. The van der Waals surface area contributed by atoms with E-state index in [2.05, 4.69) is 10.1 Å². The Hall–Kier alpha value is -2.78. The van der Waals surface area contributed by atoms with Gasteiger partial charge in [0.2, 0.25) is 11.9 Å². The highest BCUT2D eigenvalue weighted by atomic mass is 16.2. The lowest BCUT2D eigenvalue weighted by Gasteiger charge is -2.34. The molecule has 0 aromatic carbocycles. The van der Waals surface area contributed by atoms with E-state index in [0.717, 1.165) is 18.6 Å². The molecule has 3 aliphatic heterocycles. The Morgan fingerprint density at radius 1 is 1.40 bits per heavy atom. The molecule has 0 bridgehead atoms. The van der Waals surface area contributed by atoms with E-state index < -0.39 is 11.9 Å². The molecular weight excluding hydrogens is 326 g/mol. The number of carbonyl (C=O) groups excluding carboxylic acids is 3. The van der Waals surface area contributed by atoms with Crippen molar-refractivity contribution in [1.82, 2.24) is 14.8 Å². The summed E-state index contributed by atoms with van der Waals surface area (Å²) in [7, 11) is 1.60. The number of imide groups is 1. The van der Waals surface area contributed by atoms with Gasteiger partial charge in [-0.05, 0) is 13.3 Å². The first-order chi connectivity index (χ1) is 11.8. The van der Waals surface area contributed by atoms with Crippen LogP contribution in [0.4, 0.5) is 4.79 Å². The molecule has 0 aliphatic carbocycles. The first kappa shape index (κ1) is 17.1. The van der Waals surface area contributed by atoms with Gasteiger partial charge in [-0.15, -0.1) is 10.1 Å². The number of hydrogen-bond donors (Lipinski definition) is 1. The molecule has 0 aromatic heterocycles. The highest BCUT2D eigenvalue weighted by molar-refractivity contribution is 6.23. The van der Waals surface area contributed by atoms with Gasteiger partial charge in [-0.2, -0.15) is 0 Å². The van der Waals surface area contributed by atoms with E-state index in [-0.39, 0.29) is 18.5 Å². The highest BCUT2D eigenvalue weighted by Gasteiger charge is 2.54. The predicted octanol–water partition coefficient (Wildman–Crippen LogP) is -0.993. The van der Waals surface area contributed by atoms with Crippen molar-refractivity contribution in [2.75, 3.05) is 26.7 Å². The van der Waals surface area contributed by atoms with E-state index in [1.807, 2.05) is 6.92 Å². The van der Waals surface area contributed by atoms with Crippen molar-refractivity contribution in [2.24, 2.45) is 15.8 Å². The average Bonchev–Trinajstić information content (AvgIpc) is 2.92. The molecule has 134 valence electrons. The van der Waals surface area contributed by atoms with E-state index in [9.17, 15) is 14.4 Å². The quantitative estimate of drug-likeness (QED) is 0.642. The van der Waals surface area contributed by atoms with Gasteiger partial charge in [-0.1, -0.05) is 18.3 Å². The van der Waals surface area contributed by atoms with Gasteiger partial charge in [-0.25, -0.2) is 9.37 Å². The summed E-state index contributed by atoms with van der Waals surface area (Å²) in [6, 6.07) is -1.07. The number of carbonyl (C=O) groups is 3. The summed E-state index contributed by atoms with van der Waals surface area (Å²) >= 11 is 0. The summed E-state index contributed by atoms with van der Waals surface area (Å²) in [5, 5.41) is 5.68. The lowest BCUT2D eigenvalue weighted by Crippen LogP contribution is -2.63. The van der Waals surface area contributed by atoms with Crippen molar-refractivity contribution >= 4 is 35.4 Å². The molecule has 0 spiro atoms. The van der Waals surface area contributed by atoms with Gasteiger partial charge in [0.05, 0.1) is 5.71 Å². The van der Waals surface area contributed by atoms with Crippen LogP contribution in [-0.4, -0.2) is 87.5 Å². The van der Waals surface area contributed by atoms with Gasteiger partial charge in [0, 0.05) is 13.6 Å². The third-order valence-electron chi connectivity index (χ3n) is 4.35. The molecular formula is C15H22N7O3+. The fraction of sp³-hybridized carbons (Fsp3) is 0.600. The molecule has 1 saturated heterocycles. The van der Waals surface area contributed by atoms with Crippen LogP contribution in [0.1, 0.15) is 26.7 Å². The van der Waals surface area contributed by atoms with Crippen LogP contribution in [0.3, 0.4) is 0 Å². The fourth-order valence-electron chi connectivity index (χ4n) is 3.18. The molecule has 1 fully saturated rings. The molecule has 3 aliphatic rings. The number of hydrogen-bond acceptors (Lipinski definition) is 6. The third kappa shape index (κ3) is 2.77. The largest absolute Gasteiger partial charge is 0.417 e. The fourth-order valence-corrected chi connectivity index (χ4v) is 3.18. The summed E-state index contributed by atoms with van der Waals surface area (Å²) in [5.41, 5.74) is 6.01. The maximum absolute atomic E-state index is 13.0. The van der Waals surface area contributed by atoms with E-state index in [4.69, 9.17) is 5.73 Å². The van der Waals surface area contributed by atoms with Crippen molar-refractivity contribution in [3.63, 3.8) is 0 Å². The topological polar surface area (TPSA) is 115 Å². The predicted molar refractivity (Wildman–Crippen MR) is 90.1 cm³/mol. The zero-order valence-electron chi connectivity index (χ0n) is 14.6. The van der Waals surface area contributed by atoms with Crippen LogP contribution in [0.2, 0.25) is 0 Å². The van der Waals surface area contributed by atoms with Crippen LogP contribution in [0, 0.1) is 0 Å². The van der Waals surface area contributed by atoms with Crippen molar-refractivity contribution in [1.29, 1.82) is 0 Å². The summed E-state index contributed by atoms with van der Waals surface area (Å²) in [5.74, 6) is -0.118. The van der Waals surface area contributed by atoms with Gasteiger partial charge in [-0.3, -0.25) is 19.4 Å². The second kappa shape index (κ2) is 6.26. The van der Waals surface area contributed by atoms with Crippen molar-refractivity contribution in [3.8, 4) is 0 Å². The number of amidine groups is 1. The molecule has 10 nitrogen and oxygen atoms in total. The number of aliphatic imine (C=N–C) groups is 1. The number of nitrogens with two attached hydrogens (primary N) is 1. The van der Waals surface area contributed by atoms with Gasteiger partial charge >= 0.3 is 12.0 Å². The summed E-state index contributed by atoms with van der Waals surface area (Å²) < 4.78 is 1.77. The zero-order chi connectivity index (χ0) is 18.3. The SMILES string of the molecule is CCCCN1C(=O)C2C(=NC3=[N+]2CC(C)=NN3CC(N)=O)N(C)C1=O. The number of urea groups is 1. The number of fused-ring (bicyclic) bond motifs is 2. The second-order valence-corrected chi connectivity index (χ2v) is 6.34. The number of rotatable bonds is 5. The minimum absolute atomic E-state index is 0.141. The van der Waals surface area contributed by atoms with Crippen molar-refractivity contribution in [3.05, 3.63) is 0 Å². The maximum Gasteiger partial charge on any atom is 0.417 e. The molecule has 1 atom stereocenters. The molecule has 3 rings (SSSR count). The van der Waals surface area contributed by atoms with Gasteiger partial charge in [0.15, 0.2) is 6.54 Å². The number of primary amides is 1. The van der Waals surface area contributed by atoms with E-state index in [1.165, 1.54) is 14.8 Å². The number of hydrazone groups is 1. The number of guanidine groups is 1. The van der Waals surface area contributed by atoms with Gasteiger partial charge < -0.3 is 5.73 Å². The van der Waals surface area contributed by atoms with E-state index >= 15 is 0 Å². The lowest BCUT2D eigenvalue weighted by atomic mass is 10.1. The van der Waals surface area contributed by atoms with Crippen LogP contribution in [0.5, 0.6) is 0 Å². The van der Waals surface area contributed by atoms with Crippen LogP contribution in [0.15, 0.2) is 10.1 Å². The summed E-state index contributed by atoms with van der Waals surface area (Å²) in [6.45, 7) is 4.45. The molecule has 1 unspecified atom stereocenters. The Balaban J connectivity index is 1.98. The number of nitrogens with zero attached hydrogens (tertiary/aromatic N) is 6. The first-order valence-electron chi connectivity index (χ1n) is 8.26. The number of amides is 4. The van der Waals surface area contributed by atoms with Crippen molar-refractivity contribution < 1.29 is 19.0 Å². The normalized spacial score (nSPS) is 22.8. The minimum Gasteiger partial charge on any atom is -0.367 e. The average molecular weight is 348 g/mol. The molecule has 2 N–H and O–H groups in total.